The van der Waals surface area contributed by atoms with Gasteiger partial charge in [0.25, 0.3) is 11.6 Å². The molecule has 0 spiro atoms. The van der Waals surface area contributed by atoms with E-state index in [1.165, 1.54) is 12.1 Å². The van der Waals surface area contributed by atoms with E-state index in [9.17, 15) is 14.9 Å². The maximum absolute atomic E-state index is 12.0. The van der Waals surface area contributed by atoms with Gasteiger partial charge in [0.2, 0.25) is 0 Å². The highest BCUT2D eigenvalue weighted by Gasteiger charge is 2.16. The zero-order valence-corrected chi connectivity index (χ0v) is 12.8. The van der Waals surface area contributed by atoms with Gasteiger partial charge in [-0.1, -0.05) is 11.6 Å². The summed E-state index contributed by atoms with van der Waals surface area (Å²) in [5.74, 6) is -0.203. The van der Waals surface area contributed by atoms with Crippen molar-refractivity contribution in [1.82, 2.24) is 4.98 Å². The van der Waals surface area contributed by atoms with Gasteiger partial charge in [0.05, 0.1) is 15.5 Å². The van der Waals surface area contributed by atoms with Gasteiger partial charge in [-0.05, 0) is 40.8 Å². The van der Waals surface area contributed by atoms with Crippen molar-refractivity contribution >= 4 is 51.6 Å². The molecule has 1 amide bonds. The Kier molecular flexibility index (Phi) is 4.50. The average molecular weight is 404 g/mol. The smallest absolute Gasteiger partial charge is 0.270 e. The first kappa shape index (κ1) is 14.7. The third-order valence-electron chi connectivity index (χ3n) is 2.37. The molecule has 0 fully saturated rings. The molecule has 102 valence electrons. The fourth-order valence-corrected chi connectivity index (χ4v) is 1.96. The molecule has 0 aliphatic carbocycles. The number of nitrogens with one attached hydrogen (secondary N) is 1. The van der Waals surface area contributed by atoms with Crippen molar-refractivity contribution < 1.29 is 9.72 Å². The van der Waals surface area contributed by atoms with Gasteiger partial charge in [-0.25, -0.2) is 4.98 Å². The van der Waals surface area contributed by atoms with E-state index in [1.54, 1.807) is 18.3 Å². The first-order chi connectivity index (χ1) is 9.47. The van der Waals surface area contributed by atoms with Crippen LogP contribution >= 0.6 is 34.2 Å². The van der Waals surface area contributed by atoms with Crippen molar-refractivity contribution in [2.24, 2.45) is 0 Å². The van der Waals surface area contributed by atoms with Gasteiger partial charge < -0.3 is 5.32 Å². The zero-order valence-electron chi connectivity index (χ0n) is 9.84. The summed E-state index contributed by atoms with van der Waals surface area (Å²) in [4.78, 5) is 26.2. The second kappa shape index (κ2) is 6.14. The Hall–Kier alpha value is -1.74. The summed E-state index contributed by atoms with van der Waals surface area (Å²) >= 11 is 7.97. The van der Waals surface area contributed by atoms with Crippen LogP contribution in [0.5, 0.6) is 0 Å². The highest BCUT2D eigenvalue weighted by molar-refractivity contribution is 14.1. The Morgan fingerprint density at radius 3 is 2.70 bits per heavy atom. The predicted molar refractivity (Wildman–Crippen MR) is 83.0 cm³/mol. The van der Waals surface area contributed by atoms with Gasteiger partial charge in [-0.2, -0.15) is 0 Å². The zero-order chi connectivity index (χ0) is 14.7. The Labute approximate surface area is 132 Å². The van der Waals surface area contributed by atoms with E-state index in [4.69, 9.17) is 11.6 Å². The monoisotopic (exact) mass is 403 g/mol. The summed E-state index contributed by atoms with van der Waals surface area (Å²) in [6.07, 6.45) is 1.59. The van der Waals surface area contributed by atoms with Crippen LogP contribution in [0.3, 0.4) is 0 Å². The molecule has 1 heterocycles. The first-order valence-electron chi connectivity index (χ1n) is 5.34. The molecule has 1 aromatic carbocycles. The van der Waals surface area contributed by atoms with Gasteiger partial charge in [0.15, 0.2) is 0 Å². The molecule has 1 N–H and O–H groups in total. The number of hydrogen-bond donors (Lipinski definition) is 1. The Balaban J connectivity index is 2.26. The maximum Gasteiger partial charge on any atom is 0.270 e. The Morgan fingerprint density at radius 1 is 1.35 bits per heavy atom. The highest BCUT2D eigenvalue weighted by atomic mass is 127. The third kappa shape index (κ3) is 3.42. The number of amides is 1. The van der Waals surface area contributed by atoms with Crippen LogP contribution in [0.1, 0.15) is 10.4 Å². The fourth-order valence-electron chi connectivity index (χ4n) is 1.43. The molecular weight excluding hydrogens is 397 g/mol. The maximum atomic E-state index is 12.0. The number of pyridine rings is 1. The number of anilines is 1. The Morgan fingerprint density at radius 2 is 2.10 bits per heavy atom. The van der Waals surface area contributed by atoms with E-state index >= 15 is 0 Å². The molecule has 0 unspecified atom stereocenters. The normalized spacial score (nSPS) is 10.1. The minimum absolute atomic E-state index is 0.0289. The number of halogens is 2. The summed E-state index contributed by atoms with van der Waals surface area (Å²) in [6.45, 7) is 0. The lowest BCUT2D eigenvalue weighted by molar-refractivity contribution is -0.384. The van der Waals surface area contributed by atoms with Crippen molar-refractivity contribution in [3.05, 3.63) is 60.8 Å². The summed E-state index contributed by atoms with van der Waals surface area (Å²) in [7, 11) is 0. The number of non-ortho nitro benzene ring substituents is 1. The standard InChI is InChI=1S/C12H7ClIN3O3/c13-10-3-2-8(17(19)20)5-9(10)12(18)16-11-4-1-7(14)6-15-11/h1-6H,(H,15,16,18). The van der Waals surface area contributed by atoms with Gasteiger partial charge >= 0.3 is 0 Å². The summed E-state index contributed by atoms with van der Waals surface area (Å²) in [6, 6.07) is 7.09. The molecule has 0 aliphatic heterocycles. The van der Waals surface area contributed by atoms with E-state index in [2.05, 4.69) is 32.9 Å². The topological polar surface area (TPSA) is 85.1 Å². The van der Waals surface area contributed by atoms with Gasteiger partial charge in [-0.15, -0.1) is 0 Å². The molecule has 8 heteroatoms. The van der Waals surface area contributed by atoms with E-state index in [0.717, 1.165) is 9.64 Å². The molecule has 1 aromatic heterocycles. The molecule has 0 bridgehead atoms. The van der Waals surface area contributed by atoms with Crippen LogP contribution in [0.4, 0.5) is 11.5 Å². The fraction of sp³-hybridized carbons (Fsp3) is 0. The summed E-state index contributed by atoms with van der Waals surface area (Å²) < 4.78 is 0.925. The molecule has 2 aromatic rings. The van der Waals surface area contributed by atoms with E-state index in [1.807, 2.05) is 0 Å². The van der Waals surface area contributed by atoms with E-state index in [0.29, 0.717) is 5.82 Å². The SMILES string of the molecule is O=C(Nc1ccc(I)cn1)c1cc([N+](=O)[O-])ccc1Cl. The van der Waals surface area contributed by atoms with Crippen LogP contribution in [0.2, 0.25) is 5.02 Å². The minimum atomic E-state index is -0.587. The lowest BCUT2D eigenvalue weighted by Gasteiger charge is -2.06. The second-order valence-corrected chi connectivity index (χ2v) is 5.39. The summed E-state index contributed by atoms with van der Waals surface area (Å²) in [5.41, 5.74) is -0.170. The van der Waals surface area contributed by atoms with Gasteiger partial charge in [0, 0.05) is 21.9 Å². The molecule has 2 rings (SSSR count). The van der Waals surface area contributed by atoms with Gasteiger partial charge in [-0.3, -0.25) is 14.9 Å². The largest absolute Gasteiger partial charge is 0.307 e. The number of aromatic nitrogens is 1. The highest BCUT2D eigenvalue weighted by Crippen LogP contribution is 2.23. The van der Waals surface area contributed by atoms with E-state index < -0.39 is 10.8 Å². The van der Waals surface area contributed by atoms with Crippen LogP contribution < -0.4 is 5.32 Å². The molecule has 0 aliphatic rings. The average Bonchev–Trinajstić information content (AvgIpc) is 2.41. The van der Waals surface area contributed by atoms with Crippen molar-refractivity contribution in [2.45, 2.75) is 0 Å². The molecule has 0 atom stereocenters. The quantitative estimate of drug-likeness (QED) is 0.483. The minimum Gasteiger partial charge on any atom is -0.307 e. The van der Waals surface area contributed by atoms with E-state index in [-0.39, 0.29) is 16.3 Å². The third-order valence-corrected chi connectivity index (χ3v) is 3.34. The van der Waals surface area contributed by atoms with Crippen LogP contribution in [-0.2, 0) is 0 Å². The lowest BCUT2D eigenvalue weighted by atomic mass is 10.2. The molecule has 0 radical (unpaired) electrons. The number of rotatable bonds is 3. The number of nitrogens with zero attached hydrogens (tertiary/aromatic N) is 2. The predicted octanol–water partition coefficient (Wildman–Crippen LogP) is 3.50. The lowest BCUT2D eigenvalue weighted by Crippen LogP contribution is -2.13. The number of nitro benzene ring substituents is 1. The number of hydrogen-bond acceptors (Lipinski definition) is 4. The van der Waals surface area contributed by atoms with Crippen LogP contribution in [0.25, 0.3) is 0 Å². The number of carbonyl (C=O) groups excluding carboxylic acids is 1. The first-order valence-corrected chi connectivity index (χ1v) is 6.80. The van der Waals surface area contributed by atoms with Crippen molar-refractivity contribution in [1.29, 1.82) is 0 Å². The summed E-state index contributed by atoms with van der Waals surface area (Å²) in [5, 5.41) is 13.4. The Bertz CT molecular complexity index is 676. The van der Waals surface area contributed by atoms with Crippen molar-refractivity contribution in [3.63, 3.8) is 0 Å². The number of nitro groups is 1. The van der Waals surface area contributed by atoms with Crippen LogP contribution in [0, 0.1) is 13.7 Å². The molecule has 20 heavy (non-hydrogen) atoms. The van der Waals surface area contributed by atoms with Crippen LogP contribution in [-0.4, -0.2) is 15.8 Å². The van der Waals surface area contributed by atoms with Gasteiger partial charge in [0.1, 0.15) is 5.82 Å². The second-order valence-electron chi connectivity index (χ2n) is 3.74. The van der Waals surface area contributed by atoms with Crippen molar-refractivity contribution in [2.75, 3.05) is 5.32 Å². The number of carbonyl (C=O) groups is 1. The van der Waals surface area contributed by atoms with Crippen molar-refractivity contribution in [3.8, 4) is 0 Å². The molecule has 0 saturated carbocycles. The number of benzene rings is 1. The molecule has 0 saturated heterocycles. The molecule has 6 nitrogen and oxygen atoms in total. The van der Waals surface area contributed by atoms with Crippen LogP contribution in [0.15, 0.2) is 36.5 Å². The molecular formula is C12H7ClIN3O3.